The van der Waals surface area contributed by atoms with Gasteiger partial charge in [0.15, 0.2) is 0 Å². The molecule has 1 aliphatic heterocycles. The first-order valence-corrected chi connectivity index (χ1v) is 8.11. The first kappa shape index (κ1) is 17.0. The van der Waals surface area contributed by atoms with Crippen LogP contribution in [-0.4, -0.2) is 26.6 Å². The number of nitriles is 1. The summed E-state index contributed by atoms with van der Waals surface area (Å²) in [6.45, 7) is 5.88. The van der Waals surface area contributed by atoms with Gasteiger partial charge in [0.1, 0.15) is 23.3 Å². The second-order valence-electron chi connectivity index (χ2n) is 6.51. The molecule has 2 aromatic rings. The summed E-state index contributed by atoms with van der Waals surface area (Å²) in [7, 11) is 0. The maximum absolute atomic E-state index is 11.7. The van der Waals surface area contributed by atoms with Crippen molar-refractivity contribution in [2.45, 2.75) is 45.1 Å². The average Bonchev–Trinajstić information content (AvgIpc) is 2.59. The van der Waals surface area contributed by atoms with E-state index in [4.69, 9.17) is 10.00 Å². The number of aliphatic hydroxyl groups excluding tert-OH is 1. The molecule has 0 bridgehead atoms. The Hall–Kier alpha value is -2.85. The van der Waals surface area contributed by atoms with Crippen molar-refractivity contribution in [3.05, 3.63) is 51.8 Å². The van der Waals surface area contributed by atoms with Crippen LogP contribution in [0.1, 0.15) is 37.9 Å². The van der Waals surface area contributed by atoms with Gasteiger partial charge in [0.05, 0.1) is 17.7 Å². The van der Waals surface area contributed by atoms with Gasteiger partial charge in [-0.2, -0.15) is 10.4 Å². The molecule has 3 rings (SSSR count). The predicted octanol–water partition coefficient (Wildman–Crippen LogP) is 1.82. The Bertz CT molecular complexity index is 898. The normalized spacial score (nSPS) is 20.9. The van der Waals surface area contributed by atoms with Gasteiger partial charge < -0.3 is 15.2 Å². The number of ether oxygens (including phenoxy) is 1. The van der Waals surface area contributed by atoms with Crippen molar-refractivity contribution in [1.29, 1.82) is 5.26 Å². The molecule has 2 heterocycles. The van der Waals surface area contributed by atoms with Crippen LogP contribution in [-0.2, 0) is 6.54 Å². The Morgan fingerprint density at radius 2 is 2.16 bits per heavy atom. The Kier molecular flexibility index (Phi) is 4.23. The van der Waals surface area contributed by atoms with E-state index < -0.39 is 17.7 Å². The molecule has 7 nitrogen and oxygen atoms in total. The van der Waals surface area contributed by atoms with Crippen molar-refractivity contribution in [3.63, 3.8) is 0 Å². The number of rotatable bonds is 3. The van der Waals surface area contributed by atoms with Crippen LogP contribution in [0.25, 0.3) is 0 Å². The molecule has 1 aromatic heterocycles. The third kappa shape index (κ3) is 3.08. The van der Waals surface area contributed by atoms with Crippen LogP contribution in [0.5, 0.6) is 5.75 Å². The maximum Gasteiger partial charge on any atom is 0.266 e. The van der Waals surface area contributed by atoms with E-state index >= 15 is 0 Å². The summed E-state index contributed by atoms with van der Waals surface area (Å²) in [5.41, 5.74) is 0.153. The molecule has 0 spiro atoms. The van der Waals surface area contributed by atoms with Crippen molar-refractivity contribution in [3.8, 4) is 11.8 Å². The highest BCUT2D eigenvalue weighted by Crippen LogP contribution is 2.41. The Morgan fingerprint density at radius 1 is 1.40 bits per heavy atom. The smallest absolute Gasteiger partial charge is 0.266 e. The van der Waals surface area contributed by atoms with Crippen LogP contribution in [0, 0.1) is 11.3 Å². The number of fused-ring (bicyclic) bond motifs is 1. The highest BCUT2D eigenvalue weighted by atomic mass is 16.5. The van der Waals surface area contributed by atoms with E-state index in [0.717, 1.165) is 0 Å². The number of anilines is 1. The highest BCUT2D eigenvalue weighted by Gasteiger charge is 2.43. The molecule has 0 fully saturated rings. The third-order valence-electron chi connectivity index (χ3n) is 4.34. The van der Waals surface area contributed by atoms with E-state index in [1.54, 1.807) is 38.1 Å². The van der Waals surface area contributed by atoms with Crippen molar-refractivity contribution in [2.24, 2.45) is 0 Å². The number of hydrogen-bond acceptors (Lipinski definition) is 6. The first-order chi connectivity index (χ1) is 11.9. The molecule has 0 saturated carbocycles. The molecule has 0 aliphatic carbocycles. The molecular weight excluding hydrogens is 320 g/mol. The molecule has 0 saturated heterocycles. The molecule has 130 valence electrons. The van der Waals surface area contributed by atoms with Crippen LogP contribution < -0.4 is 15.6 Å². The number of aryl methyl sites for hydroxylation is 1. The van der Waals surface area contributed by atoms with Crippen molar-refractivity contribution >= 4 is 5.82 Å². The van der Waals surface area contributed by atoms with Crippen LogP contribution in [0.4, 0.5) is 5.82 Å². The minimum atomic E-state index is -0.877. The average molecular weight is 340 g/mol. The summed E-state index contributed by atoms with van der Waals surface area (Å²) in [5, 5.41) is 27.4. The number of nitrogens with zero attached hydrogens (tertiary/aromatic N) is 3. The van der Waals surface area contributed by atoms with Gasteiger partial charge in [-0.05, 0) is 45.0 Å². The molecule has 0 radical (unpaired) electrons. The topological polar surface area (TPSA) is 100 Å². The van der Waals surface area contributed by atoms with Crippen LogP contribution >= 0.6 is 0 Å². The van der Waals surface area contributed by atoms with E-state index in [1.165, 1.54) is 10.7 Å². The molecule has 2 N–H and O–H groups in total. The summed E-state index contributed by atoms with van der Waals surface area (Å²) in [6, 6.07) is 9.69. The van der Waals surface area contributed by atoms with Gasteiger partial charge in [-0.1, -0.05) is 0 Å². The van der Waals surface area contributed by atoms with Gasteiger partial charge in [0.2, 0.25) is 0 Å². The lowest BCUT2D eigenvalue weighted by Gasteiger charge is -2.42. The SMILES string of the molecule is CCn1nc(N[C@@H]2c3cc(C#N)ccc3OC(C)(C)[C@H]2O)ccc1=O. The number of benzene rings is 1. The zero-order chi connectivity index (χ0) is 18.2. The van der Waals surface area contributed by atoms with Crippen molar-refractivity contribution in [2.75, 3.05) is 5.32 Å². The Balaban J connectivity index is 2.05. The van der Waals surface area contributed by atoms with E-state index in [2.05, 4.69) is 16.5 Å². The lowest BCUT2D eigenvalue weighted by molar-refractivity contribution is -0.0533. The van der Waals surface area contributed by atoms with Gasteiger partial charge >= 0.3 is 0 Å². The zero-order valence-electron chi connectivity index (χ0n) is 14.4. The Morgan fingerprint density at radius 3 is 2.84 bits per heavy atom. The lowest BCUT2D eigenvalue weighted by Crippen LogP contribution is -2.50. The third-order valence-corrected chi connectivity index (χ3v) is 4.34. The van der Waals surface area contributed by atoms with Crippen molar-refractivity contribution < 1.29 is 9.84 Å². The van der Waals surface area contributed by atoms with Gasteiger partial charge in [0, 0.05) is 18.2 Å². The molecule has 2 atom stereocenters. The van der Waals surface area contributed by atoms with Gasteiger partial charge in [-0.3, -0.25) is 4.79 Å². The van der Waals surface area contributed by atoms with Crippen molar-refractivity contribution in [1.82, 2.24) is 9.78 Å². The summed E-state index contributed by atoms with van der Waals surface area (Å²) in [6.07, 6.45) is -0.877. The quantitative estimate of drug-likeness (QED) is 0.884. The van der Waals surface area contributed by atoms with E-state index in [0.29, 0.717) is 29.2 Å². The molecule has 0 unspecified atom stereocenters. The number of aliphatic hydroxyl groups is 1. The summed E-state index contributed by atoms with van der Waals surface area (Å²) in [4.78, 5) is 11.7. The molecule has 25 heavy (non-hydrogen) atoms. The molecule has 7 heteroatoms. The number of aromatic nitrogens is 2. The van der Waals surface area contributed by atoms with Crippen LogP contribution in [0.15, 0.2) is 35.1 Å². The van der Waals surface area contributed by atoms with Crippen LogP contribution in [0.3, 0.4) is 0 Å². The second-order valence-corrected chi connectivity index (χ2v) is 6.51. The number of nitrogens with one attached hydrogen (secondary N) is 1. The monoisotopic (exact) mass is 340 g/mol. The summed E-state index contributed by atoms with van der Waals surface area (Å²) in [5.74, 6) is 1.08. The fraction of sp³-hybridized carbons (Fsp3) is 0.389. The van der Waals surface area contributed by atoms with Crippen LogP contribution in [0.2, 0.25) is 0 Å². The summed E-state index contributed by atoms with van der Waals surface area (Å²) >= 11 is 0. The fourth-order valence-corrected chi connectivity index (χ4v) is 2.94. The minimum Gasteiger partial charge on any atom is -0.485 e. The van der Waals surface area contributed by atoms with Gasteiger partial charge in [-0.15, -0.1) is 0 Å². The molecular formula is C18H20N4O3. The number of hydrogen-bond donors (Lipinski definition) is 2. The molecule has 1 aliphatic rings. The van der Waals surface area contributed by atoms with Gasteiger partial charge in [0.25, 0.3) is 5.56 Å². The second kappa shape index (κ2) is 6.22. The molecule has 0 amide bonds. The van der Waals surface area contributed by atoms with E-state index in [1.807, 2.05) is 6.92 Å². The Labute approximate surface area is 145 Å². The lowest BCUT2D eigenvalue weighted by atomic mass is 9.86. The predicted molar refractivity (Wildman–Crippen MR) is 92.4 cm³/mol. The van der Waals surface area contributed by atoms with E-state index in [9.17, 15) is 9.90 Å². The maximum atomic E-state index is 11.7. The van der Waals surface area contributed by atoms with E-state index in [-0.39, 0.29) is 5.56 Å². The molecule has 1 aromatic carbocycles. The first-order valence-electron chi connectivity index (χ1n) is 8.11. The van der Waals surface area contributed by atoms with Gasteiger partial charge in [-0.25, -0.2) is 4.68 Å². The standard InChI is InChI=1S/C18H20N4O3/c1-4-22-15(23)8-7-14(21-22)20-16-12-9-11(10-19)5-6-13(12)25-18(2,3)17(16)24/h5-9,16-17,24H,4H2,1-3H3,(H,20,21)/t16-,17+/m1/s1. The zero-order valence-corrected chi connectivity index (χ0v) is 14.4. The minimum absolute atomic E-state index is 0.187. The highest BCUT2D eigenvalue weighted by molar-refractivity contribution is 5.50. The largest absolute Gasteiger partial charge is 0.485 e. The fourth-order valence-electron chi connectivity index (χ4n) is 2.94. The summed E-state index contributed by atoms with van der Waals surface area (Å²) < 4.78 is 7.23.